The summed E-state index contributed by atoms with van der Waals surface area (Å²) in [5, 5.41) is 0.824. The quantitative estimate of drug-likeness (QED) is 0.349. The highest BCUT2D eigenvalue weighted by Crippen LogP contribution is 2.40. The lowest BCUT2D eigenvalue weighted by Gasteiger charge is -2.33. The summed E-state index contributed by atoms with van der Waals surface area (Å²) >= 11 is 0. The number of hydrogen-bond donors (Lipinski definition) is 1. The zero-order chi connectivity index (χ0) is 26.0. The minimum atomic E-state index is -0.804. The number of halogens is 1. The van der Waals surface area contributed by atoms with E-state index in [0.29, 0.717) is 29.3 Å². The molecular weight excluding hydrogens is 471 g/mol. The van der Waals surface area contributed by atoms with Crippen LogP contribution in [-0.4, -0.2) is 35.9 Å². The van der Waals surface area contributed by atoms with E-state index in [0.717, 1.165) is 54.3 Å². The average molecular weight is 507 g/mol. The number of allylic oxidation sites excluding steroid dienone is 1. The number of H-pyrrole nitrogens is 1. The van der Waals surface area contributed by atoms with Gasteiger partial charge in [0.15, 0.2) is 6.29 Å². The molecule has 0 radical (unpaired) electrons. The Morgan fingerprint density at radius 3 is 2.59 bits per heavy atom. The molecule has 1 aliphatic heterocycles. The van der Waals surface area contributed by atoms with Crippen LogP contribution in [0.3, 0.4) is 0 Å². The van der Waals surface area contributed by atoms with Crippen LogP contribution in [0.25, 0.3) is 22.7 Å². The van der Waals surface area contributed by atoms with Crippen molar-refractivity contribution in [2.45, 2.75) is 70.7 Å². The van der Waals surface area contributed by atoms with Gasteiger partial charge in [0.1, 0.15) is 11.5 Å². The zero-order valence-corrected chi connectivity index (χ0v) is 21.8. The molecule has 1 unspecified atom stereocenters. The fraction of sp³-hybridized carbons (Fsp3) is 0.467. The van der Waals surface area contributed by atoms with Crippen molar-refractivity contribution in [2.24, 2.45) is 5.92 Å². The topological polar surface area (TPSA) is 73.4 Å². The molecule has 3 aromatic rings. The molecule has 2 aliphatic rings. The molecule has 37 heavy (non-hydrogen) atoms. The molecule has 0 spiro atoms. The summed E-state index contributed by atoms with van der Waals surface area (Å²) in [5.74, 6) is -0.338. The number of hydrogen-bond acceptors (Lipinski definition) is 5. The number of rotatable bonds is 7. The fourth-order valence-electron chi connectivity index (χ4n) is 5.56. The van der Waals surface area contributed by atoms with Crippen LogP contribution >= 0.6 is 0 Å². The summed E-state index contributed by atoms with van der Waals surface area (Å²) in [7, 11) is 1.35. The maximum Gasteiger partial charge on any atom is 0.339 e. The van der Waals surface area contributed by atoms with E-state index < -0.39 is 11.6 Å². The first-order chi connectivity index (χ1) is 17.8. The van der Waals surface area contributed by atoms with Crippen molar-refractivity contribution in [3.8, 4) is 0 Å². The van der Waals surface area contributed by atoms with Crippen LogP contribution in [0.15, 0.2) is 36.5 Å². The largest absolute Gasteiger partial charge is 0.465 e. The van der Waals surface area contributed by atoms with E-state index in [1.54, 1.807) is 12.1 Å². The van der Waals surface area contributed by atoms with Gasteiger partial charge in [-0.2, -0.15) is 0 Å². The third kappa shape index (κ3) is 5.63. The molecule has 0 bridgehead atoms. The van der Waals surface area contributed by atoms with Crippen molar-refractivity contribution >= 4 is 28.7 Å². The van der Waals surface area contributed by atoms with Gasteiger partial charge in [0.2, 0.25) is 0 Å². The average Bonchev–Trinajstić information content (AvgIpc) is 3.56. The number of nitrogens with one attached hydrogen (secondary N) is 1. The number of pyridine rings is 1. The molecule has 196 valence electrons. The maximum absolute atomic E-state index is 15.6. The molecule has 3 heterocycles. The highest BCUT2D eigenvalue weighted by Gasteiger charge is 2.31. The van der Waals surface area contributed by atoms with Crippen LogP contribution in [0.4, 0.5) is 4.39 Å². The van der Waals surface area contributed by atoms with Crippen molar-refractivity contribution in [1.82, 2.24) is 9.97 Å². The number of esters is 1. The van der Waals surface area contributed by atoms with Crippen LogP contribution < -0.4 is 0 Å². The third-order valence-electron chi connectivity index (χ3n) is 7.53. The van der Waals surface area contributed by atoms with E-state index in [-0.39, 0.29) is 12.1 Å². The molecule has 6 nitrogen and oxygen atoms in total. The fourth-order valence-corrected chi connectivity index (χ4v) is 5.56. The molecule has 1 atom stereocenters. The Kier molecular flexibility index (Phi) is 7.45. The summed E-state index contributed by atoms with van der Waals surface area (Å²) in [6.45, 7) is 4.48. The van der Waals surface area contributed by atoms with E-state index in [4.69, 9.17) is 14.2 Å². The van der Waals surface area contributed by atoms with E-state index >= 15 is 4.39 Å². The molecule has 2 aromatic heterocycles. The Bertz CT molecular complexity index is 1300. The van der Waals surface area contributed by atoms with Crippen molar-refractivity contribution < 1.29 is 23.4 Å². The van der Waals surface area contributed by atoms with Crippen molar-refractivity contribution in [2.75, 3.05) is 13.7 Å². The predicted molar refractivity (Wildman–Crippen MR) is 141 cm³/mol. The van der Waals surface area contributed by atoms with Crippen LogP contribution in [0.1, 0.15) is 86.0 Å². The van der Waals surface area contributed by atoms with Gasteiger partial charge in [-0.05, 0) is 87.3 Å². The first-order valence-electron chi connectivity index (χ1n) is 13.2. The number of carbonyl (C=O) groups is 1. The van der Waals surface area contributed by atoms with Crippen molar-refractivity contribution in [1.29, 1.82) is 0 Å². The Morgan fingerprint density at radius 1 is 1.11 bits per heavy atom. The number of nitrogens with zero attached hydrogens (tertiary/aromatic N) is 1. The monoisotopic (exact) mass is 506 g/mol. The molecule has 5 rings (SSSR count). The zero-order valence-electron chi connectivity index (χ0n) is 21.8. The Balaban J connectivity index is 1.46. The van der Waals surface area contributed by atoms with Gasteiger partial charge in [-0.15, -0.1) is 0 Å². The smallest absolute Gasteiger partial charge is 0.339 e. The minimum absolute atomic E-state index is 0.275. The maximum atomic E-state index is 15.6. The van der Waals surface area contributed by atoms with Gasteiger partial charge >= 0.3 is 5.97 Å². The normalized spacial score (nSPS) is 19.5. The Morgan fingerprint density at radius 2 is 1.89 bits per heavy atom. The van der Waals surface area contributed by atoms with Gasteiger partial charge in [-0.3, -0.25) is 0 Å². The SMILES string of the molecule is COC(=O)c1cnc2[nH]c(C=C(c3ccc(C(C)(C)OC4CCCCO4)c(F)c3)C3CCCC3)cc2c1. The molecule has 1 aliphatic carbocycles. The second-order valence-electron chi connectivity index (χ2n) is 10.6. The Hall–Kier alpha value is -3.03. The van der Waals surface area contributed by atoms with Gasteiger partial charge in [-0.1, -0.05) is 25.0 Å². The van der Waals surface area contributed by atoms with E-state index in [2.05, 4.69) is 16.0 Å². The molecule has 1 saturated heterocycles. The third-order valence-corrected chi connectivity index (χ3v) is 7.53. The van der Waals surface area contributed by atoms with Crippen molar-refractivity contribution in [3.63, 3.8) is 0 Å². The number of methoxy groups -OCH3 is 1. The standard InChI is InChI=1S/C30H35FN2O4/c1-30(2,37-27-10-6-7-13-36-27)25-12-11-20(16-26(25)31)24(19-8-4-5-9-19)17-23-15-21-14-22(29(34)35-3)18-32-28(21)33-23/h11-12,14-19,27H,4-10,13H2,1-3H3,(H,32,33). The van der Waals surface area contributed by atoms with Crippen molar-refractivity contribution in [3.05, 3.63) is 64.7 Å². The molecule has 1 N–H and O–H groups in total. The molecule has 2 fully saturated rings. The second kappa shape index (κ2) is 10.8. The van der Waals surface area contributed by atoms with E-state index in [1.165, 1.54) is 26.1 Å². The number of aromatic amines is 1. The molecule has 0 amide bonds. The number of ether oxygens (including phenoxy) is 3. The van der Waals surface area contributed by atoms with Gasteiger partial charge in [0, 0.05) is 29.4 Å². The van der Waals surface area contributed by atoms with Gasteiger partial charge in [-0.25, -0.2) is 14.2 Å². The molecule has 1 saturated carbocycles. The Labute approximate surface area is 217 Å². The van der Waals surface area contributed by atoms with Crippen LogP contribution in [-0.2, 0) is 19.8 Å². The lowest BCUT2D eigenvalue weighted by molar-refractivity contribution is -0.219. The number of aromatic nitrogens is 2. The number of carbonyl (C=O) groups excluding carboxylic acids is 1. The summed E-state index contributed by atoms with van der Waals surface area (Å²) in [4.78, 5) is 19.6. The summed E-state index contributed by atoms with van der Waals surface area (Å²) in [6.07, 6.45) is 10.7. The number of fused-ring (bicyclic) bond motifs is 1. The first kappa shape index (κ1) is 25.6. The first-order valence-corrected chi connectivity index (χ1v) is 13.2. The summed E-state index contributed by atoms with van der Waals surface area (Å²) < 4.78 is 32.3. The van der Waals surface area contributed by atoms with Crippen LogP contribution in [0.5, 0.6) is 0 Å². The van der Waals surface area contributed by atoms with Gasteiger partial charge in [0.05, 0.1) is 18.3 Å². The predicted octanol–water partition coefficient (Wildman–Crippen LogP) is 7.00. The lowest BCUT2D eigenvalue weighted by atomic mass is 9.88. The molecule has 1 aromatic carbocycles. The molecule has 7 heteroatoms. The molecular formula is C30H35FN2O4. The second-order valence-corrected chi connectivity index (χ2v) is 10.6. The van der Waals surface area contributed by atoms with E-state index in [9.17, 15) is 4.79 Å². The van der Waals surface area contributed by atoms with Gasteiger partial charge < -0.3 is 19.2 Å². The minimum Gasteiger partial charge on any atom is -0.465 e. The van der Waals surface area contributed by atoms with Crippen LogP contribution in [0.2, 0.25) is 0 Å². The van der Waals surface area contributed by atoms with Gasteiger partial charge in [0.25, 0.3) is 0 Å². The highest BCUT2D eigenvalue weighted by atomic mass is 19.1. The number of benzene rings is 1. The van der Waals surface area contributed by atoms with Crippen LogP contribution in [0, 0.1) is 11.7 Å². The summed E-state index contributed by atoms with van der Waals surface area (Å²) in [6, 6.07) is 9.24. The van der Waals surface area contributed by atoms with E-state index in [1.807, 2.05) is 32.0 Å². The lowest BCUT2D eigenvalue weighted by Crippen LogP contribution is -2.33. The highest BCUT2D eigenvalue weighted by molar-refractivity contribution is 5.94. The summed E-state index contributed by atoms with van der Waals surface area (Å²) in [5.41, 5.74) is 3.67.